The molecule has 43 heavy (non-hydrogen) atoms. The fourth-order valence-electron chi connectivity index (χ4n) is 5.12. The molecule has 0 unspecified atom stereocenters. The minimum atomic E-state index is -4.16. The van der Waals surface area contributed by atoms with Gasteiger partial charge in [0.25, 0.3) is 10.0 Å². The van der Waals surface area contributed by atoms with Crippen molar-refractivity contribution < 1.29 is 22.7 Å². The van der Waals surface area contributed by atoms with Crippen LogP contribution in [0, 0.1) is 0 Å². The van der Waals surface area contributed by atoms with Crippen molar-refractivity contribution in [2.24, 2.45) is 0 Å². The molecule has 0 radical (unpaired) electrons. The zero-order valence-corrected chi connectivity index (χ0v) is 28.3. The first-order valence-corrected chi connectivity index (χ1v) is 17.5. The molecule has 1 aliphatic rings. The van der Waals surface area contributed by atoms with Gasteiger partial charge in [0.15, 0.2) is 0 Å². The van der Waals surface area contributed by atoms with Gasteiger partial charge in [-0.1, -0.05) is 63.3 Å². The maximum Gasteiger partial charge on any atom is 0.264 e. The van der Waals surface area contributed by atoms with Gasteiger partial charge in [-0.25, -0.2) is 8.42 Å². The Labute approximate surface area is 271 Å². The molecule has 1 aliphatic carbocycles. The Morgan fingerprint density at radius 2 is 1.63 bits per heavy atom. The van der Waals surface area contributed by atoms with E-state index in [9.17, 15) is 18.0 Å². The van der Waals surface area contributed by atoms with Crippen LogP contribution < -0.4 is 14.4 Å². The largest absolute Gasteiger partial charge is 0.494 e. The highest BCUT2D eigenvalue weighted by atomic mass is 79.9. The molecule has 3 aromatic carbocycles. The summed E-state index contributed by atoms with van der Waals surface area (Å²) >= 11 is 6.84. The second-order valence-corrected chi connectivity index (χ2v) is 14.3. The first-order valence-electron chi connectivity index (χ1n) is 14.4. The van der Waals surface area contributed by atoms with Gasteiger partial charge in [0, 0.05) is 21.5 Å². The second-order valence-electron chi connectivity index (χ2n) is 10.6. The Bertz CT molecular complexity index is 1490. The fraction of sp³-hybridized carbons (Fsp3) is 0.375. The molecule has 11 heteroatoms. The van der Waals surface area contributed by atoms with E-state index in [1.807, 2.05) is 31.2 Å². The first kappa shape index (κ1) is 33.0. The van der Waals surface area contributed by atoms with Gasteiger partial charge in [-0.2, -0.15) is 0 Å². The number of carbonyl (C=O) groups excluding carboxylic acids is 2. The Balaban J connectivity index is 1.68. The third kappa shape index (κ3) is 8.83. The van der Waals surface area contributed by atoms with Crippen LogP contribution in [-0.4, -0.2) is 50.4 Å². The van der Waals surface area contributed by atoms with E-state index in [1.54, 1.807) is 43.3 Å². The number of sulfonamides is 1. The number of ether oxygens (including phenoxy) is 1. The molecule has 0 heterocycles. The average Bonchev–Trinajstić information content (AvgIpc) is 2.99. The number of rotatable bonds is 12. The predicted molar refractivity (Wildman–Crippen MR) is 175 cm³/mol. The normalized spacial score (nSPS) is 14.5. The lowest BCUT2D eigenvalue weighted by atomic mass is 9.95. The molecule has 0 saturated heterocycles. The van der Waals surface area contributed by atoms with Gasteiger partial charge >= 0.3 is 0 Å². The number of hydrogen-bond acceptors (Lipinski definition) is 5. The molecule has 1 atom stereocenters. The summed E-state index contributed by atoms with van der Waals surface area (Å²) < 4.78 is 36.2. The standard InChI is InChI=1S/C32H37Br2N3O5S/c1-3-42-29-16-14-28(15-17-29)37(43(40,41)30-18-12-25(33)13-19-30)22-31(38)36(21-24-8-7-9-26(34)20-24)23(2)32(39)35-27-10-5-4-6-11-27/h7-9,12-20,23,27H,3-6,10-11,21-22H2,1-2H3,(H,35,39)/t23-/m0/s1. The minimum Gasteiger partial charge on any atom is -0.494 e. The molecule has 0 aliphatic heterocycles. The van der Waals surface area contributed by atoms with Gasteiger partial charge in [-0.3, -0.25) is 13.9 Å². The molecule has 4 rings (SSSR count). The summed E-state index contributed by atoms with van der Waals surface area (Å²) in [7, 11) is -4.16. The van der Waals surface area contributed by atoms with Crippen LogP contribution in [0.3, 0.4) is 0 Å². The maximum atomic E-state index is 14.2. The Morgan fingerprint density at radius 3 is 2.26 bits per heavy atom. The number of amides is 2. The van der Waals surface area contributed by atoms with E-state index in [0.29, 0.717) is 18.0 Å². The number of benzene rings is 3. The summed E-state index contributed by atoms with van der Waals surface area (Å²) in [6.07, 6.45) is 5.10. The van der Waals surface area contributed by atoms with Crippen molar-refractivity contribution in [1.29, 1.82) is 0 Å². The number of hydrogen-bond donors (Lipinski definition) is 1. The third-order valence-corrected chi connectivity index (χ3v) is 10.3. The molecule has 0 aromatic heterocycles. The van der Waals surface area contributed by atoms with Gasteiger partial charge in [-0.15, -0.1) is 0 Å². The highest BCUT2D eigenvalue weighted by molar-refractivity contribution is 9.10. The number of carbonyl (C=O) groups is 2. The van der Waals surface area contributed by atoms with Crippen LogP contribution in [0.5, 0.6) is 5.75 Å². The molecule has 1 saturated carbocycles. The minimum absolute atomic E-state index is 0.0408. The van der Waals surface area contributed by atoms with E-state index >= 15 is 0 Å². The van der Waals surface area contributed by atoms with Crippen LogP contribution in [0.25, 0.3) is 0 Å². The highest BCUT2D eigenvalue weighted by Crippen LogP contribution is 2.28. The molecule has 3 aromatic rings. The van der Waals surface area contributed by atoms with E-state index < -0.39 is 28.5 Å². The van der Waals surface area contributed by atoms with Crippen molar-refractivity contribution >= 4 is 59.4 Å². The van der Waals surface area contributed by atoms with Gasteiger partial charge in [0.1, 0.15) is 18.3 Å². The summed E-state index contributed by atoms with van der Waals surface area (Å²) in [6, 6.07) is 19.6. The van der Waals surface area contributed by atoms with Crippen LogP contribution in [0.4, 0.5) is 5.69 Å². The lowest BCUT2D eigenvalue weighted by Crippen LogP contribution is -2.53. The van der Waals surface area contributed by atoms with Gasteiger partial charge in [0.05, 0.1) is 17.2 Å². The van der Waals surface area contributed by atoms with Crippen molar-refractivity contribution in [3.63, 3.8) is 0 Å². The van der Waals surface area contributed by atoms with Crippen molar-refractivity contribution in [3.05, 3.63) is 87.3 Å². The maximum absolute atomic E-state index is 14.2. The summed E-state index contributed by atoms with van der Waals surface area (Å²) in [6.45, 7) is 3.65. The zero-order chi connectivity index (χ0) is 31.0. The molecule has 230 valence electrons. The highest BCUT2D eigenvalue weighted by Gasteiger charge is 2.33. The van der Waals surface area contributed by atoms with E-state index in [2.05, 4.69) is 37.2 Å². The van der Waals surface area contributed by atoms with Gasteiger partial charge in [0.2, 0.25) is 11.8 Å². The molecule has 0 bridgehead atoms. The van der Waals surface area contributed by atoms with Crippen LogP contribution in [0.2, 0.25) is 0 Å². The second kappa shape index (κ2) is 15.2. The number of anilines is 1. The van der Waals surface area contributed by atoms with Crippen LogP contribution in [-0.2, 0) is 26.2 Å². The van der Waals surface area contributed by atoms with Crippen molar-refractivity contribution in [3.8, 4) is 5.75 Å². The summed E-state index contributed by atoms with van der Waals surface area (Å²) in [5.74, 6) is -0.165. The summed E-state index contributed by atoms with van der Waals surface area (Å²) in [5.41, 5.74) is 1.12. The molecular weight excluding hydrogens is 698 g/mol. The number of halogens is 2. The average molecular weight is 736 g/mol. The number of nitrogens with zero attached hydrogens (tertiary/aromatic N) is 2. The Morgan fingerprint density at radius 1 is 0.953 bits per heavy atom. The molecular formula is C32H37Br2N3O5S. The SMILES string of the molecule is CCOc1ccc(N(CC(=O)N(Cc2cccc(Br)c2)[C@@H](C)C(=O)NC2CCCCC2)S(=O)(=O)c2ccc(Br)cc2)cc1. The molecule has 2 amide bonds. The monoisotopic (exact) mass is 733 g/mol. The smallest absolute Gasteiger partial charge is 0.264 e. The Hall–Kier alpha value is -2.89. The van der Waals surface area contributed by atoms with Gasteiger partial charge in [-0.05, 0) is 92.9 Å². The topological polar surface area (TPSA) is 96.0 Å². The lowest BCUT2D eigenvalue weighted by molar-refractivity contribution is -0.139. The van der Waals surface area contributed by atoms with E-state index in [4.69, 9.17) is 4.74 Å². The van der Waals surface area contributed by atoms with Crippen LogP contribution >= 0.6 is 31.9 Å². The summed E-state index contributed by atoms with van der Waals surface area (Å²) in [5, 5.41) is 3.12. The van der Waals surface area contributed by atoms with E-state index in [0.717, 1.165) is 50.9 Å². The van der Waals surface area contributed by atoms with Crippen molar-refractivity contribution in [2.75, 3.05) is 17.5 Å². The van der Waals surface area contributed by atoms with E-state index in [1.165, 1.54) is 17.0 Å². The fourth-order valence-corrected chi connectivity index (χ4v) is 7.25. The first-order chi connectivity index (χ1) is 20.6. The van der Waals surface area contributed by atoms with Crippen LogP contribution in [0.1, 0.15) is 51.5 Å². The third-order valence-electron chi connectivity index (χ3n) is 7.48. The molecule has 1 fully saturated rings. The van der Waals surface area contributed by atoms with E-state index in [-0.39, 0.29) is 23.4 Å². The van der Waals surface area contributed by atoms with Crippen molar-refractivity contribution in [2.45, 2.75) is 69.5 Å². The molecule has 8 nitrogen and oxygen atoms in total. The van der Waals surface area contributed by atoms with Crippen LogP contribution in [0.15, 0.2) is 86.6 Å². The summed E-state index contributed by atoms with van der Waals surface area (Å²) in [4.78, 5) is 29.1. The molecule has 0 spiro atoms. The van der Waals surface area contributed by atoms with Gasteiger partial charge < -0.3 is 15.0 Å². The number of nitrogens with one attached hydrogen (secondary N) is 1. The lowest BCUT2D eigenvalue weighted by Gasteiger charge is -2.33. The predicted octanol–water partition coefficient (Wildman–Crippen LogP) is 6.67. The molecule has 1 N–H and O–H groups in total. The van der Waals surface area contributed by atoms with Crippen molar-refractivity contribution in [1.82, 2.24) is 10.2 Å². The Kier molecular flexibility index (Phi) is 11.7. The quantitative estimate of drug-likeness (QED) is 0.224. The zero-order valence-electron chi connectivity index (χ0n) is 24.3.